The van der Waals surface area contributed by atoms with E-state index in [0.29, 0.717) is 46.5 Å². The van der Waals surface area contributed by atoms with Gasteiger partial charge in [0.1, 0.15) is 16.6 Å². The number of hydrogen-bond acceptors (Lipinski definition) is 11. The summed E-state index contributed by atoms with van der Waals surface area (Å²) >= 11 is 0. The number of anilines is 3. The second-order valence-corrected chi connectivity index (χ2v) is 16.5. The zero-order valence-corrected chi connectivity index (χ0v) is 31.7. The molecule has 13 heteroatoms. The minimum Gasteiger partial charge on any atom is -0.459 e. The van der Waals surface area contributed by atoms with E-state index in [1.807, 2.05) is 32.9 Å². The van der Waals surface area contributed by atoms with E-state index in [1.165, 1.54) is 42.2 Å². The summed E-state index contributed by atoms with van der Waals surface area (Å²) in [6.07, 6.45) is 8.05. The van der Waals surface area contributed by atoms with Gasteiger partial charge >= 0.3 is 5.97 Å². The molecule has 2 aliphatic heterocycles. The summed E-state index contributed by atoms with van der Waals surface area (Å²) in [6, 6.07) is 14.3. The molecule has 3 aromatic heterocycles. The van der Waals surface area contributed by atoms with Gasteiger partial charge in [-0.3, -0.25) is 19.4 Å². The number of aromatic nitrogens is 5. The third kappa shape index (κ3) is 8.02. The summed E-state index contributed by atoms with van der Waals surface area (Å²) < 4.78 is 8.71. The molecule has 2 N–H and O–H groups in total. The topological polar surface area (TPSA) is 134 Å². The van der Waals surface area contributed by atoms with E-state index >= 15 is 0 Å². The summed E-state index contributed by atoms with van der Waals surface area (Å²) in [5.41, 5.74) is 1.50. The van der Waals surface area contributed by atoms with Crippen molar-refractivity contribution >= 4 is 34.3 Å². The molecule has 5 heterocycles. The van der Waals surface area contributed by atoms with Gasteiger partial charge in [0.25, 0.3) is 5.56 Å². The number of esters is 1. The minimum atomic E-state index is -1.16. The predicted molar refractivity (Wildman–Crippen MR) is 207 cm³/mol. The fourth-order valence-corrected chi connectivity index (χ4v) is 8.07. The van der Waals surface area contributed by atoms with Gasteiger partial charge < -0.3 is 20.1 Å². The molecule has 1 saturated carbocycles. The van der Waals surface area contributed by atoms with Gasteiger partial charge in [0.05, 0.1) is 18.8 Å². The summed E-state index contributed by atoms with van der Waals surface area (Å²) in [4.78, 5) is 46.9. The zero-order chi connectivity index (χ0) is 37.5. The molecule has 0 bridgehead atoms. The first-order valence-electron chi connectivity index (χ1n) is 18.8. The Kier molecular flexibility index (Phi) is 9.94. The van der Waals surface area contributed by atoms with Crippen molar-refractivity contribution in [2.75, 3.05) is 56.0 Å². The lowest BCUT2D eigenvalue weighted by Crippen LogP contribution is -2.59. The molecule has 1 aromatic carbocycles. The number of ether oxygens (including phenoxy) is 1. The highest BCUT2D eigenvalue weighted by molar-refractivity contribution is 5.77. The van der Waals surface area contributed by atoms with E-state index in [-0.39, 0.29) is 18.1 Å². The molecule has 2 saturated heterocycles. The first-order chi connectivity index (χ1) is 25.2. The lowest BCUT2D eigenvalue weighted by atomic mass is 9.60. The van der Waals surface area contributed by atoms with Crippen molar-refractivity contribution in [3.8, 4) is 5.82 Å². The van der Waals surface area contributed by atoms with Crippen molar-refractivity contribution in [3.05, 3.63) is 77.4 Å². The van der Waals surface area contributed by atoms with Gasteiger partial charge in [0.15, 0.2) is 11.5 Å². The van der Waals surface area contributed by atoms with Crippen molar-refractivity contribution in [2.45, 2.75) is 84.1 Å². The van der Waals surface area contributed by atoms with E-state index in [0.717, 1.165) is 45.0 Å². The van der Waals surface area contributed by atoms with E-state index in [9.17, 15) is 14.7 Å². The second-order valence-electron chi connectivity index (χ2n) is 16.5. The van der Waals surface area contributed by atoms with Crippen LogP contribution in [-0.2, 0) is 21.7 Å². The zero-order valence-electron chi connectivity index (χ0n) is 31.7. The van der Waals surface area contributed by atoms with Gasteiger partial charge in [-0.15, -0.1) is 6.58 Å². The van der Waals surface area contributed by atoms with Gasteiger partial charge in [0.2, 0.25) is 5.95 Å². The van der Waals surface area contributed by atoms with Crippen LogP contribution in [0.1, 0.15) is 66.0 Å². The maximum Gasteiger partial charge on any atom is 0.320 e. The second kappa shape index (κ2) is 14.3. The third-order valence-electron chi connectivity index (χ3n) is 10.9. The molecule has 7 rings (SSSR count). The normalized spacial score (nSPS) is 18.6. The number of nitrogens with zero attached hydrogens (tertiary/aromatic N) is 8. The van der Waals surface area contributed by atoms with Gasteiger partial charge in [-0.05, 0) is 115 Å². The lowest BCUT2D eigenvalue weighted by molar-refractivity contribution is -0.157. The van der Waals surface area contributed by atoms with E-state index in [4.69, 9.17) is 9.72 Å². The maximum atomic E-state index is 13.4. The highest BCUT2D eigenvalue weighted by atomic mass is 16.6. The molecule has 53 heavy (non-hydrogen) atoms. The van der Waals surface area contributed by atoms with Crippen LogP contribution >= 0.6 is 0 Å². The van der Waals surface area contributed by atoms with Crippen LogP contribution in [0.2, 0.25) is 0 Å². The van der Waals surface area contributed by atoms with Crippen LogP contribution in [-0.4, -0.2) is 103 Å². The van der Waals surface area contributed by atoms with Crippen LogP contribution in [0.3, 0.4) is 0 Å². The van der Waals surface area contributed by atoms with Crippen LogP contribution < -0.4 is 15.8 Å². The lowest BCUT2D eigenvalue weighted by Gasteiger charge is -2.56. The van der Waals surface area contributed by atoms with E-state index in [1.54, 1.807) is 42.8 Å². The Morgan fingerprint density at radius 3 is 2.34 bits per heavy atom. The Labute approximate surface area is 311 Å². The number of carbonyl (C=O) groups is 1. The summed E-state index contributed by atoms with van der Waals surface area (Å²) in [7, 11) is 0. The number of carbonyl (C=O) groups excluding carboxylic acids is 1. The molecule has 3 fully saturated rings. The number of hydrogen-bond donors (Lipinski definition) is 2. The molecule has 1 aliphatic carbocycles. The minimum absolute atomic E-state index is 0.122. The molecule has 282 valence electrons. The number of benzene rings is 1. The maximum absolute atomic E-state index is 13.4. The Morgan fingerprint density at radius 1 is 1.00 bits per heavy atom. The highest BCUT2D eigenvalue weighted by Crippen LogP contribution is 2.51. The van der Waals surface area contributed by atoms with Crippen LogP contribution in [0.5, 0.6) is 0 Å². The van der Waals surface area contributed by atoms with Gasteiger partial charge in [-0.25, -0.2) is 19.3 Å². The first-order valence-corrected chi connectivity index (χ1v) is 18.8. The van der Waals surface area contributed by atoms with Crippen molar-refractivity contribution in [1.29, 1.82) is 0 Å². The number of nitrogens with one attached hydrogen (secondary N) is 1. The standard InChI is InChI=1S/C40H53N9O4/c1-7-17-48-36(51)31-26-41-37(44-35(31)49(48)33-10-8-9-32(43-33)39(5,6)52)42-28-11-13-29(14-12-28)46-20-22-47(23-21-46)30-24-40(25-30)15-18-45(19-16-40)27-34(50)53-38(2,3)4/h7-14,26,30,52H,1,15-25,27H2,2-6H3,(H,41,42,44). The number of fused-ring (bicyclic) bond motifs is 1. The molecule has 4 aromatic rings. The number of aliphatic hydroxyl groups is 1. The molecule has 0 unspecified atom stereocenters. The SMILES string of the molecule is C=CCn1c(=O)c2cnc(Nc3ccc(N4CCN(C5CC6(CCN(CC(=O)OC(C)(C)C)CC6)C5)CC4)cc3)nc2n1-c1cccc(C(C)(C)O)n1. The number of allylic oxidation sites excluding steroid dienone is 1. The molecule has 13 nitrogen and oxygen atoms in total. The van der Waals surface area contributed by atoms with Crippen molar-refractivity contribution in [1.82, 2.24) is 34.1 Å². The number of piperazine rings is 1. The fourth-order valence-electron chi connectivity index (χ4n) is 8.07. The van der Waals surface area contributed by atoms with Gasteiger partial charge in [0, 0.05) is 49.8 Å². The molecular formula is C40H53N9O4. The van der Waals surface area contributed by atoms with Crippen LogP contribution in [0.25, 0.3) is 16.9 Å². The number of piperidine rings is 1. The molecule has 0 atom stereocenters. The highest BCUT2D eigenvalue weighted by Gasteiger charge is 2.48. The van der Waals surface area contributed by atoms with E-state index in [2.05, 4.69) is 48.7 Å². The Bertz CT molecular complexity index is 2000. The number of likely N-dealkylation sites (tertiary alicyclic amines) is 1. The molecule has 1 spiro atoms. The molecule has 3 aliphatic rings. The Morgan fingerprint density at radius 2 is 1.70 bits per heavy atom. The van der Waals surface area contributed by atoms with E-state index < -0.39 is 11.2 Å². The quantitative estimate of drug-likeness (QED) is 0.172. The number of rotatable bonds is 10. The van der Waals surface area contributed by atoms with Crippen LogP contribution in [0, 0.1) is 5.41 Å². The van der Waals surface area contributed by atoms with Gasteiger partial charge in [-0.1, -0.05) is 12.1 Å². The van der Waals surface area contributed by atoms with Crippen molar-refractivity contribution < 1.29 is 14.6 Å². The molecule has 0 amide bonds. The van der Waals surface area contributed by atoms with Crippen LogP contribution in [0.15, 0.2) is 66.1 Å². The van der Waals surface area contributed by atoms with Crippen LogP contribution in [0.4, 0.5) is 17.3 Å². The monoisotopic (exact) mass is 723 g/mol. The smallest absolute Gasteiger partial charge is 0.320 e. The van der Waals surface area contributed by atoms with Crippen molar-refractivity contribution in [3.63, 3.8) is 0 Å². The average Bonchev–Trinajstić information content (AvgIpc) is 3.37. The Balaban J connectivity index is 0.945. The third-order valence-corrected chi connectivity index (χ3v) is 10.9. The average molecular weight is 724 g/mol. The molecule has 0 radical (unpaired) electrons. The number of pyridine rings is 1. The predicted octanol–water partition coefficient (Wildman–Crippen LogP) is 4.84. The Hall–Kier alpha value is -4.59. The summed E-state index contributed by atoms with van der Waals surface area (Å²) in [5, 5.41) is 14.3. The molecular weight excluding hydrogens is 670 g/mol. The van der Waals surface area contributed by atoms with Gasteiger partial charge in [-0.2, -0.15) is 4.98 Å². The summed E-state index contributed by atoms with van der Waals surface area (Å²) in [5.74, 6) is 0.694. The fraction of sp³-hybridized carbons (Fsp3) is 0.525. The van der Waals surface area contributed by atoms with Crippen molar-refractivity contribution in [2.24, 2.45) is 5.41 Å². The largest absolute Gasteiger partial charge is 0.459 e. The summed E-state index contributed by atoms with van der Waals surface area (Å²) in [6.45, 7) is 19.6. The first kappa shape index (κ1) is 36.8.